The number of hydrogen-bond donors (Lipinski definition) is 2. The summed E-state index contributed by atoms with van der Waals surface area (Å²) in [6.45, 7) is 25.8. The maximum atomic E-state index is 14.3. The largest absolute Gasteiger partial charge is 0.478 e. The molecule has 0 bridgehead atoms. The van der Waals surface area contributed by atoms with E-state index in [-0.39, 0.29) is 33.2 Å². The highest BCUT2D eigenvalue weighted by atomic mass is 16.4. The highest BCUT2D eigenvalue weighted by Crippen LogP contribution is 2.76. The minimum absolute atomic E-state index is 0.00206. The Kier molecular flexibility index (Phi) is 9.56. The number of aromatic carboxylic acids is 1. The van der Waals surface area contributed by atoms with E-state index in [1.54, 1.807) is 12.1 Å². The van der Waals surface area contributed by atoms with Gasteiger partial charge in [-0.3, -0.25) is 4.90 Å². The lowest BCUT2D eigenvalue weighted by atomic mass is 9.33. The lowest BCUT2D eigenvalue weighted by Crippen LogP contribution is -2.69. The number of fused-ring (bicyclic) bond motifs is 7. The van der Waals surface area contributed by atoms with E-state index in [0.717, 1.165) is 51.9 Å². The number of benzene rings is 1. The van der Waals surface area contributed by atoms with Crippen molar-refractivity contribution in [1.29, 1.82) is 0 Å². The zero-order valence-corrected chi connectivity index (χ0v) is 34.7. The molecular weight excluding hydrogens is 669 g/mol. The van der Waals surface area contributed by atoms with Gasteiger partial charge >= 0.3 is 12.0 Å². The van der Waals surface area contributed by atoms with Crippen LogP contribution in [0.1, 0.15) is 128 Å². The van der Waals surface area contributed by atoms with E-state index in [1.165, 1.54) is 74.7 Å². The van der Waals surface area contributed by atoms with Gasteiger partial charge in [0.2, 0.25) is 0 Å². The number of nitrogens with one attached hydrogen (secondary N) is 1. The van der Waals surface area contributed by atoms with E-state index < -0.39 is 5.97 Å². The highest BCUT2D eigenvalue weighted by molar-refractivity contribution is 5.88. The van der Waals surface area contributed by atoms with E-state index >= 15 is 0 Å². The predicted molar refractivity (Wildman–Crippen MR) is 218 cm³/mol. The Labute approximate surface area is 326 Å². The molecule has 7 heteroatoms. The number of carboxylic acids is 1. The maximum Gasteiger partial charge on any atom is 0.335 e. The van der Waals surface area contributed by atoms with Crippen molar-refractivity contribution in [2.75, 3.05) is 46.3 Å². The standard InChI is InChI=1S/C47H70N4O3/c1-31(2)35-15-22-47(48-42(54)51-29-27-50(28-30-51)34-18-25-49(8)26-19-34)24-23-45(6)37(40(35)47)13-14-39-44(5)20-16-36(32-9-11-33(12-10-32)41(52)53)43(3,4)38(44)17-21-46(39,45)7/h9-12,16,34-35,37-40H,1,13-15,17-30H2,2-8H3,(H,48,54)(H,52,53)/t35-,37+,38-,39+,40+,44-,45+,46+,47-/m0/s1. The van der Waals surface area contributed by atoms with Gasteiger partial charge in [0.15, 0.2) is 0 Å². The predicted octanol–water partition coefficient (Wildman–Crippen LogP) is 9.21. The summed E-state index contributed by atoms with van der Waals surface area (Å²) in [5, 5.41) is 13.4. The Hall–Kier alpha value is -2.64. The lowest BCUT2D eigenvalue weighted by molar-refractivity contribution is -0.218. The third-order valence-corrected chi connectivity index (χ3v) is 18.2. The first-order valence-electron chi connectivity index (χ1n) is 21.7. The summed E-state index contributed by atoms with van der Waals surface area (Å²) in [6, 6.07) is 8.45. The second kappa shape index (κ2) is 13.5. The molecule has 0 spiro atoms. The van der Waals surface area contributed by atoms with Crippen molar-refractivity contribution < 1.29 is 14.7 Å². The van der Waals surface area contributed by atoms with Crippen molar-refractivity contribution >= 4 is 17.6 Å². The number of nitrogens with zero attached hydrogens (tertiary/aromatic N) is 3. The summed E-state index contributed by atoms with van der Waals surface area (Å²) >= 11 is 0. The molecular formula is C47H70N4O3. The van der Waals surface area contributed by atoms with E-state index in [2.05, 4.69) is 81.3 Å². The first-order valence-corrected chi connectivity index (χ1v) is 21.7. The molecule has 296 valence electrons. The van der Waals surface area contributed by atoms with Gasteiger partial charge in [0.05, 0.1) is 5.56 Å². The van der Waals surface area contributed by atoms with Gasteiger partial charge < -0.3 is 20.2 Å². The molecule has 2 amide bonds. The van der Waals surface area contributed by atoms with Gasteiger partial charge in [0.1, 0.15) is 0 Å². The van der Waals surface area contributed by atoms with Crippen LogP contribution in [0.5, 0.6) is 0 Å². The number of allylic oxidation sites excluding steroid dienone is 3. The number of piperazine rings is 1. The summed E-state index contributed by atoms with van der Waals surface area (Å²) in [5.74, 6) is 1.84. The monoisotopic (exact) mass is 739 g/mol. The Morgan fingerprint density at radius 2 is 1.48 bits per heavy atom. The fraction of sp³-hybridized carbons (Fsp3) is 0.745. The van der Waals surface area contributed by atoms with E-state index in [0.29, 0.717) is 41.2 Å². The number of carbonyl (C=O) groups is 2. The summed E-state index contributed by atoms with van der Waals surface area (Å²) in [4.78, 5) is 33.2. The van der Waals surface area contributed by atoms with Gasteiger partial charge in [-0.05, 0) is 172 Å². The van der Waals surface area contributed by atoms with Crippen LogP contribution in [0.4, 0.5) is 4.79 Å². The molecule has 54 heavy (non-hydrogen) atoms. The minimum Gasteiger partial charge on any atom is -0.478 e. The van der Waals surface area contributed by atoms with Gasteiger partial charge in [-0.2, -0.15) is 0 Å². The number of carboxylic acid groups (broad SMARTS) is 1. The second-order valence-corrected chi connectivity index (χ2v) is 20.8. The average molecular weight is 739 g/mol. The molecule has 2 saturated heterocycles. The SMILES string of the molecule is C=C(C)[C@@H]1CC[C@]2(NC(=O)N3CCN(C4CCN(C)CC4)CC3)CC[C@]3(C)[C@H](CC[C@@H]4[C@@]5(C)CC=C(c6ccc(C(=O)O)cc6)C(C)(C)[C@@H]5CC[C@]43C)[C@@H]12. The quantitative estimate of drug-likeness (QED) is 0.295. The van der Waals surface area contributed by atoms with E-state index in [1.807, 2.05) is 12.1 Å². The number of amides is 2. The fourth-order valence-electron chi connectivity index (χ4n) is 15.2. The Balaban J connectivity index is 1.03. The third-order valence-electron chi connectivity index (χ3n) is 18.2. The smallest absolute Gasteiger partial charge is 0.335 e. The van der Waals surface area contributed by atoms with Crippen molar-refractivity contribution in [3.8, 4) is 0 Å². The molecule has 2 N–H and O–H groups in total. The van der Waals surface area contributed by atoms with Gasteiger partial charge in [0, 0.05) is 37.8 Å². The van der Waals surface area contributed by atoms with Crippen molar-refractivity contribution in [2.24, 2.45) is 51.2 Å². The first-order chi connectivity index (χ1) is 25.5. The molecule has 6 fully saturated rings. The van der Waals surface area contributed by atoms with Crippen LogP contribution in [0.2, 0.25) is 0 Å². The molecule has 2 heterocycles. The van der Waals surface area contributed by atoms with Crippen LogP contribution < -0.4 is 5.32 Å². The second-order valence-electron chi connectivity index (χ2n) is 20.8. The van der Waals surface area contributed by atoms with Crippen LogP contribution in [0.25, 0.3) is 5.57 Å². The topological polar surface area (TPSA) is 76.1 Å². The molecule has 0 aromatic heterocycles. The highest BCUT2D eigenvalue weighted by Gasteiger charge is 2.70. The molecule has 0 unspecified atom stereocenters. The van der Waals surface area contributed by atoms with Gasteiger partial charge in [0.25, 0.3) is 0 Å². The van der Waals surface area contributed by atoms with Gasteiger partial charge in [-0.15, -0.1) is 0 Å². The molecule has 1 aromatic carbocycles. The minimum atomic E-state index is -0.868. The van der Waals surface area contributed by atoms with Gasteiger partial charge in [-0.1, -0.05) is 65.0 Å². The third kappa shape index (κ3) is 5.78. The summed E-state index contributed by atoms with van der Waals surface area (Å²) in [6.07, 6.45) is 15.6. The molecule has 5 aliphatic carbocycles. The number of hydrogen-bond acceptors (Lipinski definition) is 4. The molecule has 1 aromatic rings. The molecule has 9 atom stereocenters. The number of piperidine rings is 1. The van der Waals surface area contributed by atoms with Crippen LogP contribution in [0, 0.1) is 51.2 Å². The molecule has 4 saturated carbocycles. The zero-order chi connectivity index (χ0) is 38.4. The summed E-state index contributed by atoms with van der Waals surface area (Å²) in [5.41, 5.74) is 4.74. The van der Waals surface area contributed by atoms with Crippen LogP contribution in [-0.4, -0.2) is 89.7 Å². The zero-order valence-electron chi connectivity index (χ0n) is 34.7. The molecule has 0 radical (unpaired) electrons. The van der Waals surface area contributed by atoms with E-state index in [9.17, 15) is 14.7 Å². The normalized spacial score (nSPS) is 41.1. The number of likely N-dealkylation sites (tertiary alicyclic amines) is 1. The van der Waals surface area contributed by atoms with Crippen LogP contribution >= 0.6 is 0 Å². The van der Waals surface area contributed by atoms with Crippen LogP contribution in [-0.2, 0) is 0 Å². The number of rotatable bonds is 5. The van der Waals surface area contributed by atoms with Crippen molar-refractivity contribution in [2.45, 2.75) is 124 Å². The van der Waals surface area contributed by atoms with E-state index in [4.69, 9.17) is 0 Å². The maximum absolute atomic E-state index is 14.3. The number of urea groups is 1. The molecule has 7 nitrogen and oxygen atoms in total. The molecule has 2 aliphatic heterocycles. The van der Waals surface area contributed by atoms with Crippen LogP contribution in [0.15, 0.2) is 42.5 Å². The van der Waals surface area contributed by atoms with Crippen molar-refractivity contribution in [3.05, 3.63) is 53.6 Å². The van der Waals surface area contributed by atoms with Gasteiger partial charge in [-0.25, -0.2) is 9.59 Å². The molecule has 7 aliphatic rings. The van der Waals surface area contributed by atoms with Crippen LogP contribution in [0.3, 0.4) is 0 Å². The molecule has 8 rings (SSSR count). The van der Waals surface area contributed by atoms with Crippen molar-refractivity contribution in [3.63, 3.8) is 0 Å². The lowest BCUT2D eigenvalue weighted by Gasteiger charge is -2.72. The Morgan fingerprint density at radius 3 is 2.13 bits per heavy atom. The Bertz CT molecular complexity index is 1670. The average Bonchev–Trinajstić information content (AvgIpc) is 3.52. The summed E-state index contributed by atoms with van der Waals surface area (Å²) in [7, 11) is 2.23. The summed E-state index contributed by atoms with van der Waals surface area (Å²) < 4.78 is 0. The first kappa shape index (κ1) is 38.2. The fourth-order valence-corrected chi connectivity index (χ4v) is 15.2. The Morgan fingerprint density at radius 1 is 0.796 bits per heavy atom. The van der Waals surface area contributed by atoms with Crippen molar-refractivity contribution in [1.82, 2.24) is 20.0 Å². The number of carbonyl (C=O) groups excluding carboxylic acids is 1.